The van der Waals surface area contributed by atoms with E-state index in [0.717, 1.165) is 18.4 Å². The van der Waals surface area contributed by atoms with Crippen molar-refractivity contribution in [2.45, 2.75) is 23.8 Å². The quantitative estimate of drug-likeness (QED) is 0.687. The van der Waals surface area contributed by atoms with E-state index in [1.54, 1.807) is 20.3 Å². The van der Waals surface area contributed by atoms with Crippen molar-refractivity contribution in [1.82, 2.24) is 4.31 Å². The SMILES string of the molecule is COC(=O)c1ccc(S(=O)(=O)N2CCC[C@H]2c2ccc(OC)c(OC)c2)cc1. The number of rotatable bonds is 6. The van der Waals surface area contributed by atoms with Gasteiger partial charge in [-0.2, -0.15) is 4.31 Å². The van der Waals surface area contributed by atoms with Gasteiger partial charge in [0.05, 0.1) is 37.8 Å². The van der Waals surface area contributed by atoms with Gasteiger partial charge in [-0.1, -0.05) is 6.07 Å². The Balaban J connectivity index is 1.92. The van der Waals surface area contributed by atoms with E-state index in [2.05, 4.69) is 4.74 Å². The average Bonchev–Trinajstić information content (AvgIpc) is 3.23. The molecule has 2 aromatic carbocycles. The Morgan fingerprint density at radius 3 is 2.29 bits per heavy atom. The number of carbonyl (C=O) groups is 1. The largest absolute Gasteiger partial charge is 0.493 e. The maximum Gasteiger partial charge on any atom is 0.337 e. The lowest BCUT2D eigenvalue weighted by molar-refractivity contribution is 0.0600. The van der Waals surface area contributed by atoms with Crippen LogP contribution >= 0.6 is 0 Å². The molecule has 8 heteroatoms. The minimum absolute atomic E-state index is 0.146. The first kappa shape index (κ1) is 20.2. The molecule has 0 aliphatic carbocycles. The van der Waals surface area contributed by atoms with E-state index in [0.29, 0.717) is 23.6 Å². The van der Waals surface area contributed by atoms with Gasteiger partial charge in [0.25, 0.3) is 0 Å². The van der Waals surface area contributed by atoms with Crippen molar-refractivity contribution in [1.29, 1.82) is 0 Å². The van der Waals surface area contributed by atoms with E-state index in [-0.39, 0.29) is 10.9 Å². The number of methoxy groups -OCH3 is 3. The zero-order valence-corrected chi connectivity index (χ0v) is 16.9. The van der Waals surface area contributed by atoms with Crippen molar-refractivity contribution < 1.29 is 27.4 Å². The first-order valence-corrected chi connectivity index (χ1v) is 10.3. The molecule has 0 radical (unpaired) electrons. The molecule has 2 aromatic rings. The van der Waals surface area contributed by atoms with Crippen LogP contribution in [0.2, 0.25) is 0 Å². The van der Waals surface area contributed by atoms with Gasteiger partial charge in [-0.3, -0.25) is 0 Å². The fourth-order valence-electron chi connectivity index (χ4n) is 3.44. The first-order valence-electron chi connectivity index (χ1n) is 8.84. The predicted octanol–water partition coefficient (Wildman–Crippen LogP) is 3.02. The standard InChI is InChI=1S/C20H23NO6S/c1-25-18-11-8-15(13-19(18)26-2)17-5-4-12-21(17)28(23,24)16-9-6-14(7-10-16)20(22)27-3/h6-11,13,17H,4-5,12H2,1-3H3/t17-/m0/s1. The highest BCUT2D eigenvalue weighted by Gasteiger charge is 2.36. The van der Waals surface area contributed by atoms with E-state index >= 15 is 0 Å². The summed E-state index contributed by atoms with van der Waals surface area (Å²) in [6.45, 7) is 0.431. The fraction of sp³-hybridized carbons (Fsp3) is 0.350. The molecule has 0 aromatic heterocycles. The maximum absolute atomic E-state index is 13.2. The number of hydrogen-bond donors (Lipinski definition) is 0. The van der Waals surface area contributed by atoms with E-state index in [4.69, 9.17) is 9.47 Å². The summed E-state index contributed by atoms with van der Waals surface area (Å²) >= 11 is 0. The molecular formula is C20H23NO6S. The molecule has 1 heterocycles. The van der Waals surface area contributed by atoms with Crippen LogP contribution in [0.1, 0.15) is 34.8 Å². The monoisotopic (exact) mass is 405 g/mol. The van der Waals surface area contributed by atoms with Crippen LogP contribution in [-0.2, 0) is 14.8 Å². The number of sulfonamides is 1. The zero-order chi connectivity index (χ0) is 20.3. The summed E-state index contributed by atoms with van der Waals surface area (Å²) in [4.78, 5) is 11.7. The molecule has 1 saturated heterocycles. The van der Waals surface area contributed by atoms with Gasteiger partial charge in [-0.25, -0.2) is 13.2 Å². The number of esters is 1. The van der Waals surface area contributed by atoms with Crippen LogP contribution in [0.3, 0.4) is 0 Å². The topological polar surface area (TPSA) is 82.1 Å². The second-order valence-electron chi connectivity index (χ2n) is 6.40. The molecule has 1 aliphatic heterocycles. The molecule has 0 N–H and O–H groups in total. The van der Waals surface area contributed by atoms with E-state index in [1.165, 1.54) is 35.7 Å². The second kappa shape index (κ2) is 8.20. The Hall–Kier alpha value is -2.58. The average molecular weight is 405 g/mol. The van der Waals surface area contributed by atoms with Crippen LogP contribution < -0.4 is 9.47 Å². The highest BCUT2D eigenvalue weighted by Crippen LogP contribution is 2.39. The van der Waals surface area contributed by atoms with Gasteiger partial charge >= 0.3 is 5.97 Å². The second-order valence-corrected chi connectivity index (χ2v) is 8.29. The first-order chi connectivity index (χ1) is 13.4. The number of benzene rings is 2. The molecule has 0 bridgehead atoms. The molecule has 28 heavy (non-hydrogen) atoms. The minimum atomic E-state index is -3.71. The summed E-state index contributed by atoms with van der Waals surface area (Å²) in [5, 5.41) is 0. The van der Waals surface area contributed by atoms with Crippen LogP contribution in [0.4, 0.5) is 0 Å². The molecule has 0 spiro atoms. The zero-order valence-electron chi connectivity index (χ0n) is 16.0. The van der Waals surface area contributed by atoms with Crippen LogP contribution in [0, 0.1) is 0 Å². The Morgan fingerprint density at radius 1 is 1.00 bits per heavy atom. The Morgan fingerprint density at radius 2 is 1.68 bits per heavy atom. The lowest BCUT2D eigenvalue weighted by Gasteiger charge is -2.25. The van der Waals surface area contributed by atoms with Crippen LogP contribution in [-0.4, -0.2) is 46.6 Å². The van der Waals surface area contributed by atoms with Gasteiger partial charge in [0.15, 0.2) is 11.5 Å². The molecule has 3 rings (SSSR count). The van der Waals surface area contributed by atoms with Crippen molar-refractivity contribution in [3.63, 3.8) is 0 Å². The fourth-order valence-corrected chi connectivity index (χ4v) is 5.12. The molecular weight excluding hydrogens is 382 g/mol. The summed E-state index contributed by atoms with van der Waals surface area (Å²) < 4.78 is 43.2. The summed E-state index contributed by atoms with van der Waals surface area (Å²) in [6.07, 6.45) is 1.48. The Bertz CT molecular complexity index is 955. The van der Waals surface area contributed by atoms with Gasteiger partial charge in [-0.05, 0) is 54.8 Å². The Kier molecular flexibility index (Phi) is 5.90. The highest BCUT2D eigenvalue weighted by molar-refractivity contribution is 7.89. The summed E-state index contributed by atoms with van der Waals surface area (Å²) in [6, 6.07) is 11.0. The normalized spacial score (nSPS) is 17.3. The molecule has 1 fully saturated rings. The number of hydrogen-bond acceptors (Lipinski definition) is 6. The van der Waals surface area contributed by atoms with Crippen LogP contribution in [0.15, 0.2) is 47.4 Å². The number of carbonyl (C=O) groups excluding carboxylic acids is 1. The van der Waals surface area contributed by atoms with Gasteiger partial charge < -0.3 is 14.2 Å². The lowest BCUT2D eigenvalue weighted by Crippen LogP contribution is -2.30. The molecule has 0 unspecified atom stereocenters. The molecule has 1 atom stereocenters. The highest BCUT2D eigenvalue weighted by atomic mass is 32.2. The number of nitrogens with zero attached hydrogens (tertiary/aromatic N) is 1. The van der Waals surface area contributed by atoms with Gasteiger partial charge in [-0.15, -0.1) is 0 Å². The summed E-state index contributed by atoms with van der Waals surface area (Å²) in [5.74, 6) is 0.650. The van der Waals surface area contributed by atoms with Crippen molar-refractivity contribution in [2.75, 3.05) is 27.9 Å². The lowest BCUT2D eigenvalue weighted by atomic mass is 10.0. The van der Waals surface area contributed by atoms with E-state index in [1.807, 2.05) is 12.1 Å². The molecule has 0 amide bonds. The van der Waals surface area contributed by atoms with Gasteiger partial charge in [0.1, 0.15) is 0 Å². The summed E-state index contributed by atoms with van der Waals surface area (Å²) in [5.41, 5.74) is 1.16. The van der Waals surface area contributed by atoms with Crippen molar-refractivity contribution in [2.24, 2.45) is 0 Å². The minimum Gasteiger partial charge on any atom is -0.493 e. The van der Waals surface area contributed by atoms with E-state index < -0.39 is 16.0 Å². The van der Waals surface area contributed by atoms with Crippen LogP contribution in [0.5, 0.6) is 11.5 Å². The summed E-state index contributed by atoms with van der Waals surface area (Å²) in [7, 11) is 0.678. The van der Waals surface area contributed by atoms with Crippen LogP contribution in [0.25, 0.3) is 0 Å². The predicted molar refractivity (Wildman–Crippen MR) is 103 cm³/mol. The van der Waals surface area contributed by atoms with Gasteiger partial charge in [0.2, 0.25) is 10.0 Å². The molecule has 1 aliphatic rings. The maximum atomic E-state index is 13.2. The third kappa shape index (κ3) is 3.70. The molecule has 7 nitrogen and oxygen atoms in total. The van der Waals surface area contributed by atoms with Gasteiger partial charge in [0, 0.05) is 6.54 Å². The molecule has 0 saturated carbocycles. The third-order valence-electron chi connectivity index (χ3n) is 4.88. The van der Waals surface area contributed by atoms with Crippen molar-refractivity contribution >= 4 is 16.0 Å². The van der Waals surface area contributed by atoms with Crippen molar-refractivity contribution in [3.8, 4) is 11.5 Å². The Labute approximate surface area is 164 Å². The van der Waals surface area contributed by atoms with Crippen molar-refractivity contribution in [3.05, 3.63) is 53.6 Å². The molecule has 150 valence electrons. The third-order valence-corrected chi connectivity index (χ3v) is 6.80. The van der Waals surface area contributed by atoms with E-state index in [9.17, 15) is 13.2 Å². The smallest absolute Gasteiger partial charge is 0.337 e. The number of ether oxygens (including phenoxy) is 3.